The van der Waals surface area contributed by atoms with E-state index in [0.717, 1.165) is 17.1 Å². The first kappa shape index (κ1) is 9.45. The third-order valence-electron chi connectivity index (χ3n) is 1.66. The predicted molar refractivity (Wildman–Crippen MR) is 55.3 cm³/mol. The average molecular weight is 175 g/mol. The highest BCUT2D eigenvalue weighted by Gasteiger charge is 1.95. The number of hydrogen-bond donors (Lipinski definition) is 2. The van der Waals surface area contributed by atoms with Crippen LogP contribution in [0.2, 0.25) is 0 Å². The van der Waals surface area contributed by atoms with Gasteiger partial charge in [-0.25, -0.2) is 0 Å². The molecule has 0 aliphatic heterocycles. The maximum absolute atomic E-state index is 6.79. The van der Waals surface area contributed by atoms with E-state index in [9.17, 15) is 0 Å². The van der Waals surface area contributed by atoms with Crippen molar-refractivity contribution in [2.75, 3.05) is 5.32 Å². The van der Waals surface area contributed by atoms with E-state index in [4.69, 9.17) is 5.41 Å². The summed E-state index contributed by atoms with van der Waals surface area (Å²) in [6.45, 7) is 3.91. The quantitative estimate of drug-likeness (QED) is 0.692. The number of anilines is 1. The maximum atomic E-state index is 6.79. The number of hydrogen-bond acceptors (Lipinski definition) is 3. The van der Waals surface area contributed by atoms with Crippen LogP contribution in [0.15, 0.2) is 24.4 Å². The lowest BCUT2D eigenvalue weighted by atomic mass is 10.3. The zero-order chi connectivity index (χ0) is 9.68. The van der Waals surface area contributed by atoms with Crippen molar-refractivity contribution < 1.29 is 0 Å². The second-order valence-electron chi connectivity index (χ2n) is 2.76. The van der Waals surface area contributed by atoms with E-state index in [1.165, 1.54) is 6.21 Å². The van der Waals surface area contributed by atoms with E-state index in [0.29, 0.717) is 0 Å². The monoisotopic (exact) mass is 175 g/mol. The standard InChI is InChI=1S/C10H13N3/c1-8-4-5-10(9(2)13-8)12-7-3-6-11/h3-7,11-12H,1-2H3/b7-3-,11-6?. The number of aryl methyl sites for hydroxylation is 2. The van der Waals surface area contributed by atoms with E-state index in [1.54, 1.807) is 12.3 Å². The molecule has 3 nitrogen and oxygen atoms in total. The van der Waals surface area contributed by atoms with Crippen LogP contribution in [0.4, 0.5) is 5.69 Å². The van der Waals surface area contributed by atoms with Gasteiger partial charge in [0.2, 0.25) is 0 Å². The molecular formula is C10H13N3. The molecule has 0 saturated heterocycles. The maximum Gasteiger partial charge on any atom is 0.0610 e. The molecule has 0 atom stereocenters. The summed E-state index contributed by atoms with van der Waals surface area (Å²) in [4.78, 5) is 4.30. The van der Waals surface area contributed by atoms with Gasteiger partial charge in [-0.2, -0.15) is 0 Å². The van der Waals surface area contributed by atoms with Crippen LogP contribution in [0, 0.1) is 19.3 Å². The number of aromatic nitrogens is 1. The van der Waals surface area contributed by atoms with E-state index >= 15 is 0 Å². The van der Waals surface area contributed by atoms with Crippen LogP contribution in [-0.4, -0.2) is 11.2 Å². The molecule has 0 aliphatic carbocycles. The summed E-state index contributed by atoms with van der Waals surface area (Å²) >= 11 is 0. The molecule has 0 bridgehead atoms. The summed E-state index contributed by atoms with van der Waals surface area (Å²) in [5.74, 6) is 0. The molecule has 1 rings (SSSR count). The Kier molecular flexibility index (Phi) is 3.20. The predicted octanol–water partition coefficient (Wildman–Crippen LogP) is 2.27. The molecule has 1 aromatic rings. The highest BCUT2D eigenvalue weighted by molar-refractivity contribution is 5.68. The summed E-state index contributed by atoms with van der Waals surface area (Å²) in [5, 5.41) is 9.84. The zero-order valence-electron chi connectivity index (χ0n) is 7.83. The van der Waals surface area contributed by atoms with Crippen molar-refractivity contribution in [2.45, 2.75) is 13.8 Å². The van der Waals surface area contributed by atoms with Gasteiger partial charge in [-0.15, -0.1) is 0 Å². The fraction of sp³-hybridized carbons (Fsp3) is 0.200. The largest absolute Gasteiger partial charge is 0.360 e. The van der Waals surface area contributed by atoms with Crippen molar-refractivity contribution >= 4 is 11.9 Å². The third-order valence-corrected chi connectivity index (χ3v) is 1.66. The Bertz CT molecular complexity index is 329. The zero-order valence-corrected chi connectivity index (χ0v) is 7.83. The van der Waals surface area contributed by atoms with Crippen molar-refractivity contribution in [1.29, 1.82) is 5.41 Å². The van der Waals surface area contributed by atoms with Gasteiger partial charge in [0, 0.05) is 18.1 Å². The number of allylic oxidation sites excluding steroid dienone is 1. The van der Waals surface area contributed by atoms with Gasteiger partial charge < -0.3 is 10.7 Å². The van der Waals surface area contributed by atoms with E-state index in [1.807, 2.05) is 26.0 Å². The first-order valence-corrected chi connectivity index (χ1v) is 4.10. The van der Waals surface area contributed by atoms with Gasteiger partial charge in [0.1, 0.15) is 0 Å². The molecule has 0 radical (unpaired) electrons. The molecule has 1 aromatic heterocycles. The van der Waals surface area contributed by atoms with Crippen molar-refractivity contribution in [2.24, 2.45) is 0 Å². The average Bonchev–Trinajstić information content (AvgIpc) is 2.09. The van der Waals surface area contributed by atoms with Crippen LogP contribution < -0.4 is 5.32 Å². The first-order chi connectivity index (χ1) is 6.24. The minimum absolute atomic E-state index is 0.967. The minimum Gasteiger partial charge on any atom is -0.360 e. The van der Waals surface area contributed by atoms with Crippen molar-refractivity contribution in [3.63, 3.8) is 0 Å². The molecule has 0 fully saturated rings. The molecule has 13 heavy (non-hydrogen) atoms. The molecule has 68 valence electrons. The molecule has 0 unspecified atom stereocenters. The van der Waals surface area contributed by atoms with Gasteiger partial charge in [0.15, 0.2) is 0 Å². The number of pyridine rings is 1. The lowest BCUT2D eigenvalue weighted by Crippen LogP contribution is -1.94. The van der Waals surface area contributed by atoms with E-state index in [-0.39, 0.29) is 0 Å². The molecule has 0 saturated carbocycles. The Morgan fingerprint density at radius 1 is 1.38 bits per heavy atom. The fourth-order valence-electron chi connectivity index (χ4n) is 1.03. The molecule has 2 N–H and O–H groups in total. The molecule has 0 amide bonds. The van der Waals surface area contributed by atoms with Gasteiger partial charge in [-0.3, -0.25) is 4.98 Å². The fourth-order valence-corrected chi connectivity index (χ4v) is 1.03. The Morgan fingerprint density at radius 2 is 2.15 bits per heavy atom. The Labute approximate surface area is 78.0 Å². The van der Waals surface area contributed by atoms with E-state index in [2.05, 4.69) is 10.3 Å². The molecule has 3 heteroatoms. The molecule has 0 aliphatic rings. The first-order valence-electron chi connectivity index (χ1n) is 4.10. The van der Waals surface area contributed by atoms with Gasteiger partial charge in [-0.05, 0) is 32.1 Å². The van der Waals surface area contributed by atoms with E-state index < -0.39 is 0 Å². The second kappa shape index (κ2) is 4.40. The summed E-state index contributed by atoms with van der Waals surface area (Å²) in [7, 11) is 0. The highest BCUT2D eigenvalue weighted by Crippen LogP contribution is 2.11. The molecule has 0 aromatic carbocycles. The number of nitrogens with zero attached hydrogens (tertiary/aromatic N) is 1. The van der Waals surface area contributed by atoms with Gasteiger partial charge >= 0.3 is 0 Å². The Morgan fingerprint density at radius 3 is 2.77 bits per heavy atom. The van der Waals surface area contributed by atoms with Crippen LogP contribution >= 0.6 is 0 Å². The van der Waals surface area contributed by atoms with Gasteiger partial charge in [-0.1, -0.05) is 0 Å². The highest BCUT2D eigenvalue weighted by atomic mass is 14.9. The summed E-state index contributed by atoms with van der Waals surface area (Å²) in [6, 6.07) is 3.93. The second-order valence-corrected chi connectivity index (χ2v) is 2.76. The van der Waals surface area contributed by atoms with Crippen LogP contribution in [0.3, 0.4) is 0 Å². The summed E-state index contributed by atoms with van der Waals surface area (Å²) in [6.07, 6.45) is 4.57. The topological polar surface area (TPSA) is 48.8 Å². The van der Waals surface area contributed by atoms with Crippen LogP contribution in [0.5, 0.6) is 0 Å². The molecule has 0 spiro atoms. The van der Waals surface area contributed by atoms with Crippen LogP contribution in [0.1, 0.15) is 11.4 Å². The smallest absolute Gasteiger partial charge is 0.0610 e. The lowest BCUT2D eigenvalue weighted by molar-refractivity contribution is 1.12. The third kappa shape index (κ3) is 2.71. The molecule has 1 heterocycles. The normalized spacial score (nSPS) is 10.3. The SMILES string of the molecule is Cc1ccc(N/C=C\C=N)c(C)n1. The summed E-state index contributed by atoms with van der Waals surface area (Å²) < 4.78 is 0. The Hall–Kier alpha value is -1.64. The van der Waals surface area contributed by atoms with Crippen LogP contribution in [0.25, 0.3) is 0 Å². The minimum atomic E-state index is 0.967. The van der Waals surface area contributed by atoms with Crippen molar-refractivity contribution in [3.05, 3.63) is 35.8 Å². The number of nitrogens with one attached hydrogen (secondary N) is 2. The lowest BCUT2D eigenvalue weighted by Gasteiger charge is -2.04. The van der Waals surface area contributed by atoms with Crippen molar-refractivity contribution in [3.8, 4) is 0 Å². The summed E-state index contributed by atoms with van der Waals surface area (Å²) in [5.41, 5.74) is 2.96. The van der Waals surface area contributed by atoms with Crippen molar-refractivity contribution in [1.82, 2.24) is 4.98 Å². The molecular weight excluding hydrogens is 162 g/mol. The Balaban J connectivity index is 2.77. The van der Waals surface area contributed by atoms with Gasteiger partial charge in [0.25, 0.3) is 0 Å². The van der Waals surface area contributed by atoms with Gasteiger partial charge in [0.05, 0.1) is 11.4 Å². The number of rotatable bonds is 3. The van der Waals surface area contributed by atoms with Crippen LogP contribution in [-0.2, 0) is 0 Å².